The molecule has 0 bridgehead atoms. The van der Waals surface area contributed by atoms with E-state index in [0.29, 0.717) is 31.0 Å². The zero-order valence-corrected chi connectivity index (χ0v) is 28.7. The van der Waals surface area contributed by atoms with Crippen molar-refractivity contribution in [3.05, 3.63) is 125 Å². The summed E-state index contributed by atoms with van der Waals surface area (Å²) in [4.78, 5) is 23.2. The standard InChI is InChI=1S/C41H47N5O3/c1-40(2,3)22-30-19-32-35(23-41(17-10-18-41)49-39(32)43-24-30)42-25-37(47)34(20-28-11-6-4-7-12-28)45-38(48)31-15-16-33-36(21-31)46(27-44-33)26-29-13-8-5-9-14-29/h4-9,11-16,19,21,24,27,34-35,37,42,47H,10,17-18,20,22-23,25-26H2,1-3H3,(H,45,48)/t34-,35-,37+/m0/s1. The normalized spacial score (nSPS) is 17.9. The Hall–Kier alpha value is -4.53. The van der Waals surface area contributed by atoms with Crippen molar-refractivity contribution >= 4 is 16.9 Å². The van der Waals surface area contributed by atoms with Crippen molar-refractivity contribution in [1.82, 2.24) is 25.2 Å². The van der Waals surface area contributed by atoms with Crippen molar-refractivity contribution in [3.8, 4) is 5.88 Å². The second-order valence-electron chi connectivity index (χ2n) is 15.2. The number of fused-ring (bicyclic) bond motifs is 2. The lowest BCUT2D eigenvalue weighted by molar-refractivity contribution is -0.0421. The molecule has 3 heterocycles. The van der Waals surface area contributed by atoms with Crippen LogP contribution in [-0.4, -0.2) is 49.8 Å². The molecule has 254 valence electrons. The molecule has 8 nitrogen and oxygen atoms in total. The summed E-state index contributed by atoms with van der Waals surface area (Å²) in [6.07, 6.45) is 8.34. The first-order valence-electron chi connectivity index (χ1n) is 17.6. The van der Waals surface area contributed by atoms with Crippen molar-refractivity contribution in [3.63, 3.8) is 0 Å². The molecular weight excluding hydrogens is 610 g/mol. The number of pyridine rings is 1. The molecule has 3 N–H and O–H groups in total. The van der Waals surface area contributed by atoms with E-state index in [1.165, 1.54) is 5.56 Å². The molecular formula is C41H47N5O3. The summed E-state index contributed by atoms with van der Waals surface area (Å²) >= 11 is 0. The van der Waals surface area contributed by atoms with E-state index < -0.39 is 12.1 Å². The number of hydrogen-bond acceptors (Lipinski definition) is 6. The number of ether oxygens (including phenoxy) is 1. The third-order valence-electron chi connectivity index (χ3n) is 9.93. The van der Waals surface area contributed by atoms with E-state index in [2.05, 4.69) is 59.2 Å². The topological polar surface area (TPSA) is 101 Å². The van der Waals surface area contributed by atoms with Gasteiger partial charge in [0.2, 0.25) is 5.88 Å². The van der Waals surface area contributed by atoms with Gasteiger partial charge in [-0.1, -0.05) is 81.4 Å². The Morgan fingerprint density at radius 2 is 1.71 bits per heavy atom. The number of rotatable bonds is 11. The number of imidazole rings is 1. The molecule has 2 aliphatic rings. The fraction of sp³-hybridized carbons (Fsp3) is 0.390. The van der Waals surface area contributed by atoms with Crippen molar-refractivity contribution in [2.45, 2.75) is 89.6 Å². The van der Waals surface area contributed by atoms with Crippen LogP contribution < -0.4 is 15.4 Å². The predicted molar refractivity (Wildman–Crippen MR) is 193 cm³/mol. The third kappa shape index (κ3) is 7.71. The Morgan fingerprint density at radius 3 is 2.41 bits per heavy atom. The molecule has 0 radical (unpaired) electrons. The average Bonchev–Trinajstić information content (AvgIpc) is 3.47. The first-order valence-corrected chi connectivity index (χ1v) is 17.6. The van der Waals surface area contributed by atoms with Crippen LogP contribution in [0.1, 0.15) is 85.1 Å². The molecule has 0 unspecified atom stereocenters. The molecule has 3 atom stereocenters. The van der Waals surface area contributed by atoms with Gasteiger partial charge in [-0.25, -0.2) is 9.97 Å². The Labute approximate surface area is 289 Å². The van der Waals surface area contributed by atoms with Crippen LogP contribution >= 0.6 is 0 Å². The van der Waals surface area contributed by atoms with Crippen molar-refractivity contribution < 1.29 is 14.6 Å². The highest BCUT2D eigenvalue weighted by molar-refractivity contribution is 5.97. The Morgan fingerprint density at radius 1 is 0.980 bits per heavy atom. The van der Waals surface area contributed by atoms with Gasteiger partial charge in [-0.2, -0.15) is 0 Å². The van der Waals surface area contributed by atoms with Crippen LogP contribution in [0.3, 0.4) is 0 Å². The summed E-state index contributed by atoms with van der Waals surface area (Å²) in [5.41, 5.74) is 6.63. The van der Waals surface area contributed by atoms with E-state index in [-0.39, 0.29) is 23.0 Å². The highest BCUT2D eigenvalue weighted by atomic mass is 16.5. The molecule has 1 aliphatic carbocycles. The summed E-state index contributed by atoms with van der Waals surface area (Å²) in [6.45, 7) is 7.67. The minimum absolute atomic E-state index is 0.00787. The number of amides is 1. The molecule has 1 amide bonds. The summed E-state index contributed by atoms with van der Waals surface area (Å²) in [5.74, 6) is 0.474. The molecule has 1 spiro atoms. The Bertz CT molecular complexity index is 1900. The predicted octanol–water partition coefficient (Wildman–Crippen LogP) is 6.81. The van der Waals surface area contributed by atoms with E-state index in [4.69, 9.17) is 9.72 Å². The summed E-state index contributed by atoms with van der Waals surface area (Å²) in [6, 6.07) is 27.5. The van der Waals surface area contributed by atoms with Gasteiger partial charge in [0.05, 0.1) is 29.5 Å². The van der Waals surface area contributed by atoms with E-state index in [9.17, 15) is 9.90 Å². The largest absolute Gasteiger partial charge is 0.471 e. The van der Waals surface area contributed by atoms with E-state index >= 15 is 0 Å². The number of nitrogens with one attached hydrogen (secondary N) is 2. The number of benzene rings is 3. The Kier molecular flexibility index (Phi) is 9.27. The van der Waals surface area contributed by atoms with Crippen LogP contribution in [0.4, 0.5) is 0 Å². The average molecular weight is 658 g/mol. The van der Waals surface area contributed by atoms with Crippen molar-refractivity contribution in [2.75, 3.05) is 6.54 Å². The summed E-state index contributed by atoms with van der Waals surface area (Å²) in [5, 5.41) is 18.6. The molecule has 0 saturated heterocycles. The SMILES string of the molecule is CC(C)(C)Cc1cnc2c(c1)[C@@H](NC[C@@H](O)[C@H](Cc1ccccc1)NC(=O)c1ccc3ncn(Cc4ccccc4)c3c1)CC1(CCC1)O2. The van der Waals surface area contributed by atoms with Gasteiger partial charge in [0.15, 0.2) is 0 Å². The number of carbonyl (C=O) groups excluding carboxylic acids is 1. The number of carbonyl (C=O) groups is 1. The first kappa shape index (κ1) is 33.0. The lowest BCUT2D eigenvalue weighted by Crippen LogP contribution is -2.52. The maximum atomic E-state index is 13.8. The maximum Gasteiger partial charge on any atom is 0.251 e. The quantitative estimate of drug-likeness (QED) is 0.144. The van der Waals surface area contributed by atoms with E-state index in [1.54, 1.807) is 6.07 Å². The molecule has 2 aromatic heterocycles. The molecule has 1 aliphatic heterocycles. The van der Waals surface area contributed by atoms with Crippen molar-refractivity contribution in [1.29, 1.82) is 0 Å². The van der Waals surface area contributed by atoms with Crippen LogP contribution in [0.5, 0.6) is 5.88 Å². The first-order chi connectivity index (χ1) is 23.6. The highest BCUT2D eigenvalue weighted by Gasteiger charge is 2.46. The maximum absolute atomic E-state index is 13.8. The minimum atomic E-state index is -0.842. The van der Waals surface area contributed by atoms with Crippen molar-refractivity contribution in [2.24, 2.45) is 5.41 Å². The van der Waals surface area contributed by atoms with Crippen LogP contribution in [0.15, 0.2) is 97.5 Å². The minimum Gasteiger partial charge on any atom is -0.471 e. The van der Waals surface area contributed by atoms with Gasteiger partial charge in [-0.05, 0) is 78.5 Å². The monoisotopic (exact) mass is 657 g/mol. The number of aliphatic hydroxyl groups excluding tert-OH is 1. The van der Waals surface area contributed by atoms with Crippen LogP contribution in [0, 0.1) is 5.41 Å². The van der Waals surface area contributed by atoms with Gasteiger partial charge in [0, 0.05) is 42.9 Å². The van der Waals surface area contributed by atoms with Gasteiger partial charge >= 0.3 is 0 Å². The number of aromatic nitrogens is 3. The number of nitrogens with zero attached hydrogens (tertiary/aromatic N) is 3. The zero-order valence-electron chi connectivity index (χ0n) is 28.7. The Balaban J connectivity index is 1.10. The molecule has 49 heavy (non-hydrogen) atoms. The zero-order chi connectivity index (χ0) is 34.0. The molecule has 5 aromatic rings. The summed E-state index contributed by atoms with van der Waals surface area (Å²) < 4.78 is 8.55. The summed E-state index contributed by atoms with van der Waals surface area (Å²) in [7, 11) is 0. The fourth-order valence-corrected chi connectivity index (χ4v) is 7.26. The van der Waals surface area contributed by atoms with Gasteiger partial charge in [0.1, 0.15) is 5.60 Å². The van der Waals surface area contributed by atoms with Gasteiger partial charge in [-0.15, -0.1) is 0 Å². The van der Waals surface area contributed by atoms with Gasteiger partial charge < -0.3 is 25.0 Å². The molecule has 7 rings (SSSR count). The van der Waals surface area contributed by atoms with E-state index in [0.717, 1.165) is 59.8 Å². The number of hydrogen-bond donors (Lipinski definition) is 3. The van der Waals surface area contributed by atoms with Gasteiger partial charge in [-0.3, -0.25) is 4.79 Å². The van der Waals surface area contributed by atoms with Crippen LogP contribution in [0.2, 0.25) is 0 Å². The fourth-order valence-electron chi connectivity index (χ4n) is 7.26. The number of aliphatic hydroxyl groups is 1. The smallest absolute Gasteiger partial charge is 0.251 e. The lowest BCUT2D eigenvalue weighted by Gasteiger charge is -2.47. The molecule has 1 fully saturated rings. The molecule has 1 saturated carbocycles. The van der Waals surface area contributed by atoms with E-state index in [1.807, 2.05) is 73.2 Å². The highest BCUT2D eigenvalue weighted by Crippen LogP contribution is 2.48. The van der Waals surface area contributed by atoms with Crippen LogP contribution in [0.25, 0.3) is 11.0 Å². The molecule has 3 aromatic carbocycles. The third-order valence-corrected chi connectivity index (χ3v) is 9.93. The molecule has 8 heteroatoms. The second kappa shape index (κ2) is 13.8. The lowest BCUT2D eigenvalue weighted by atomic mass is 9.73. The second-order valence-corrected chi connectivity index (χ2v) is 15.2. The van der Waals surface area contributed by atoms with Gasteiger partial charge in [0.25, 0.3) is 5.91 Å². The van der Waals surface area contributed by atoms with Crippen LogP contribution in [-0.2, 0) is 19.4 Å².